The summed E-state index contributed by atoms with van der Waals surface area (Å²) in [5.74, 6) is -0.393. The zero-order valence-electron chi connectivity index (χ0n) is 16.9. The van der Waals surface area contributed by atoms with E-state index in [-0.39, 0.29) is 11.4 Å². The first-order valence-corrected chi connectivity index (χ1v) is 10.4. The summed E-state index contributed by atoms with van der Waals surface area (Å²) in [5.41, 5.74) is 0.0721. The monoisotopic (exact) mass is 438 g/mol. The van der Waals surface area contributed by atoms with E-state index in [1.54, 1.807) is 13.0 Å². The number of hydrogen-bond donors (Lipinski definition) is 0. The summed E-state index contributed by atoms with van der Waals surface area (Å²) in [5, 5.41) is 0.908. The summed E-state index contributed by atoms with van der Waals surface area (Å²) in [6.45, 7) is 6.62. The Morgan fingerprint density at radius 3 is 2.53 bits per heavy atom. The summed E-state index contributed by atoms with van der Waals surface area (Å²) < 4.78 is 52.7. The number of para-hydroxylation sites is 1. The Kier molecular flexibility index (Phi) is 6.45. The molecule has 8 heteroatoms. The molecular weight excluding hydrogens is 416 g/mol. The topological polar surface area (TPSA) is 33.2 Å². The molecule has 0 saturated carbocycles. The second kappa shape index (κ2) is 8.71. The maximum atomic E-state index is 12.9. The third-order valence-electron chi connectivity index (χ3n) is 4.90. The number of aromatic nitrogens is 1. The minimum absolute atomic E-state index is 0.230. The molecule has 0 N–H and O–H groups in total. The van der Waals surface area contributed by atoms with Crippen molar-refractivity contribution >= 4 is 27.5 Å². The molecule has 1 aromatic heterocycles. The quantitative estimate of drug-likeness (QED) is 0.422. The maximum absolute atomic E-state index is 12.9. The molecule has 2 heterocycles. The van der Waals surface area contributed by atoms with Gasteiger partial charge in [0.05, 0.1) is 20.8 Å². The smallest absolute Gasteiger partial charge is 0.338 e. The average Bonchev–Trinajstić information content (AvgIpc) is 3.26. The van der Waals surface area contributed by atoms with E-state index in [0.29, 0.717) is 30.1 Å². The Hall–Kier alpha value is -2.48. The van der Waals surface area contributed by atoms with Crippen LogP contribution in [0.25, 0.3) is 10.2 Å². The predicted octanol–water partition coefficient (Wildman–Crippen LogP) is 6.24. The van der Waals surface area contributed by atoms with Crippen molar-refractivity contribution in [3.8, 4) is 0 Å². The summed E-state index contributed by atoms with van der Waals surface area (Å²) in [6, 6.07) is 8.71. The third-order valence-corrected chi connectivity index (χ3v) is 5.83. The van der Waals surface area contributed by atoms with Gasteiger partial charge in [-0.2, -0.15) is 13.2 Å². The predicted molar refractivity (Wildman–Crippen MR) is 110 cm³/mol. The third kappa shape index (κ3) is 4.98. The molecule has 0 spiro atoms. The Labute approximate surface area is 176 Å². The second-order valence-corrected chi connectivity index (χ2v) is 8.75. The molecule has 4 rings (SSSR count). The van der Waals surface area contributed by atoms with E-state index in [1.807, 2.05) is 19.9 Å². The number of fused-ring (bicyclic) bond motifs is 1. The number of rotatable bonds is 1. The summed E-state index contributed by atoms with van der Waals surface area (Å²) >= 11 is 1.52. The summed E-state index contributed by atoms with van der Waals surface area (Å²) in [4.78, 5) is 17.8. The number of amides is 1. The van der Waals surface area contributed by atoms with Crippen molar-refractivity contribution in [2.24, 2.45) is 5.92 Å². The SMILES string of the molecule is Cc1ccc(C(F)(F)F)c(C(=O)N2CC[C@@H](C)C2)c1.Cc1nc2c(F)cccc2s1. The molecule has 1 fully saturated rings. The van der Waals surface area contributed by atoms with Crippen molar-refractivity contribution in [1.82, 2.24) is 9.88 Å². The number of benzene rings is 2. The molecular formula is C22H22F4N2OS. The van der Waals surface area contributed by atoms with E-state index in [2.05, 4.69) is 4.98 Å². The lowest BCUT2D eigenvalue weighted by atomic mass is 10.0. The number of halogens is 4. The first-order valence-electron chi connectivity index (χ1n) is 9.55. The van der Waals surface area contributed by atoms with Crippen molar-refractivity contribution in [3.05, 3.63) is 63.9 Å². The Balaban J connectivity index is 0.000000196. The fourth-order valence-electron chi connectivity index (χ4n) is 3.40. The standard InChI is InChI=1S/C14H16F3NO.C8H6FNS/c1-9-3-4-12(14(15,16)17)11(7-9)13(19)18-6-5-10(2)8-18;1-5-10-8-6(9)3-2-4-7(8)11-5/h3-4,7,10H,5-6,8H2,1-2H3;2-4H,1H3/t10-;/m1./s1. The lowest BCUT2D eigenvalue weighted by molar-refractivity contribution is -0.138. The highest BCUT2D eigenvalue weighted by Crippen LogP contribution is 2.33. The Bertz CT molecular complexity index is 1060. The molecule has 0 aliphatic carbocycles. The molecule has 2 aromatic carbocycles. The van der Waals surface area contributed by atoms with Gasteiger partial charge in [0, 0.05) is 13.1 Å². The normalized spacial score (nSPS) is 16.5. The molecule has 0 unspecified atom stereocenters. The van der Waals surface area contributed by atoms with Gasteiger partial charge in [-0.05, 0) is 50.5 Å². The second-order valence-electron chi connectivity index (χ2n) is 7.51. The fraction of sp³-hybridized carbons (Fsp3) is 0.364. The van der Waals surface area contributed by atoms with Crippen LogP contribution >= 0.6 is 11.3 Å². The number of aryl methyl sites for hydroxylation is 2. The minimum Gasteiger partial charge on any atom is -0.338 e. The Morgan fingerprint density at radius 1 is 1.20 bits per heavy atom. The maximum Gasteiger partial charge on any atom is 0.417 e. The van der Waals surface area contributed by atoms with Crippen molar-refractivity contribution in [3.63, 3.8) is 0 Å². The number of carbonyl (C=O) groups excluding carboxylic acids is 1. The van der Waals surface area contributed by atoms with E-state index in [4.69, 9.17) is 0 Å². The van der Waals surface area contributed by atoms with Gasteiger partial charge in [-0.15, -0.1) is 11.3 Å². The fourth-order valence-corrected chi connectivity index (χ4v) is 4.24. The first-order chi connectivity index (χ1) is 14.1. The molecule has 30 heavy (non-hydrogen) atoms. The number of nitrogens with zero attached hydrogens (tertiary/aromatic N) is 2. The number of likely N-dealkylation sites (tertiary alicyclic amines) is 1. The van der Waals surface area contributed by atoms with Crippen LogP contribution in [0.5, 0.6) is 0 Å². The van der Waals surface area contributed by atoms with Crippen LogP contribution < -0.4 is 0 Å². The van der Waals surface area contributed by atoms with E-state index >= 15 is 0 Å². The molecule has 1 saturated heterocycles. The average molecular weight is 438 g/mol. The van der Waals surface area contributed by atoms with Gasteiger partial charge in [0.1, 0.15) is 11.3 Å². The van der Waals surface area contributed by atoms with Crippen LogP contribution in [0.3, 0.4) is 0 Å². The van der Waals surface area contributed by atoms with Crippen LogP contribution in [-0.2, 0) is 6.18 Å². The highest BCUT2D eigenvalue weighted by Gasteiger charge is 2.37. The zero-order chi connectivity index (χ0) is 22.1. The van der Waals surface area contributed by atoms with Gasteiger partial charge in [0.15, 0.2) is 0 Å². The highest BCUT2D eigenvalue weighted by molar-refractivity contribution is 7.18. The van der Waals surface area contributed by atoms with Crippen molar-refractivity contribution < 1.29 is 22.4 Å². The molecule has 1 aliphatic rings. The lowest BCUT2D eigenvalue weighted by Crippen LogP contribution is -2.30. The van der Waals surface area contributed by atoms with Crippen molar-refractivity contribution in [2.75, 3.05) is 13.1 Å². The summed E-state index contributed by atoms with van der Waals surface area (Å²) in [7, 11) is 0. The molecule has 1 amide bonds. The minimum atomic E-state index is -4.50. The lowest BCUT2D eigenvalue weighted by Gasteiger charge is -2.19. The van der Waals surface area contributed by atoms with Crippen LogP contribution in [0.2, 0.25) is 0 Å². The molecule has 0 bridgehead atoms. The Morgan fingerprint density at radius 2 is 1.93 bits per heavy atom. The number of alkyl halides is 3. The van der Waals surface area contributed by atoms with Crippen LogP contribution in [0, 0.1) is 25.6 Å². The molecule has 0 radical (unpaired) electrons. The van der Waals surface area contributed by atoms with E-state index in [9.17, 15) is 22.4 Å². The van der Waals surface area contributed by atoms with E-state index in [0.717, 1.165) is 22.2 Å². The van der Waals surface area contributed by atoms with Gasteiger partial charge in [0.2, 0.25) is 0 Å². The van der Waals surface area contributed by atoms with Gasteiger partial charge in [0.25, 0.3) is 5.91 Å². The number of hydrogen-bond acceptors (Lipinski definition) is 3. The zero-order valence-corrected chi connectivity index (χ0v) is 17.7. The molecule has 1 aliphatic heterocycles. The van der Waals surface area contributed by atoms with Gasteiger partial charge >= 0.3 is 6.18 Å². The first kappa shape index (κ1) is 22.2. The van der Waals surface area contributed by atoms with Crippen LogP contribution in [0.1, 0.15) is 39.8 Å². The van der Waals surface area contributed by atoms with Gasteiger partial charge < -0.3 is 4.90 Å². The van der Waals surface area contributed by atoms with Gasteiger partial charge in [-0.3, -0.25) is 4.79 Å². The highest BCUT2D eigenvalue weighted by atomic mass is 32.1. The largest absolute Gasteiger partial charge is 0.417 e. The van der Waals surface area contributed by atoms with Crippen LogP contribution in [0.4, 0.5) is 17.6 Å². The number of thiazole rings is 1. The summed E-state index contributed by atoms with van der Waals surface area (Å²) in [6.07, 6.45) is -3.65. The molecule has 3 aromatic rings. The van der Waals surface area contributed by atoms with Crippen LogP contribution in [0.15, 0.2) is 36.4 Å². The molecule has 160 valence electrons. The van der Waals surface area contributed by atoms with Crippen molar-refractivity contribution in [2.45, 2.75) is 33.4 Å². The van der Waals surface area contributed by atoms with E-state index < -0.39 is 17.6 Å². The van der Waals surface area contributed by atoms with Gasteiger partial charge in [-0.1, -0.05) is 24.6 Å². The van der Waals surface area contributed by atoms with Crippen LogP contribution in [-0.4, -0.2) is 28.9 Å². The van der Waals surface area contributed by atoms with Gasteiger partial charge in [-0.25, -0.2) is 9.37 Å². The molecule has 1 atom stereocenters. The number of carbonyl (C=O) groups is 1. The van der Waals surface area contributed by atoms with E-state index in [1.165, 1.54) is 34.4 Å². The van der Waals surface area contributed by atoms with Crippen molar-refractivity contribution in [1.29, 1.82) is 0 Å². The molecule has 3 nitrogen and oxygen atoms in total.